The Hall–Kier alpha value is -2.27. The first kappa shape index (κ1) is 21.0. The SMILES string of the molecule is CCCCNC(=O)C(C)N(Cc1ccccc1)C(=O)CSc1ccccc1. The van der Waals surface area contributed by atoms with Gasteiger partial charge < -0.3 is 10.2 Å². The summed E-state index contributed by atoms with van der Waals surface area (Å²) in [4.78, 5) is 28.2. The molecule has 0 bridgehead atoms. The molecule has 0 spiro atoms. The van der Waals surface area contributed by atoms with Gasteiger partial charge in [0.15, 0.2) is 0 Å². The molecule has 2 rings (SSSR count). The molecule has 0 aliphatic heterocycles. The predicted molar refractivity (Wildman–Crippen MR) is 112 cm³/mol. The lowest BCUT2D eigenvalue weighted by molar-refractivity contribution is -0.138. The van der Waals surface area contributed by atoms with Gasteiger partial charge in [0.05, 0.1) is 5.75 Å². The van der Waals surface area contributed by atoms with Crippen LogP contribution >= 0.6 is 11.8 Å². The van der Waals surface area contributed by atoms with Crippen LogP contribution in [0.1, 0.15) is 32.3 Å². The Labute approximate surface area is 166 Å². The van der Waals surface area contributed by atoms with Crippen LogP contribution in [-0.2, 0) is 16.1 Å². The molecule has 2 amide bonds. The zero-order valence-corrected chi connectivity index (χ0v) is 16.9. The van der Waals surface area contributed by atoms with Crippen LogP contribution < -0.4 is 5.32 Å². The first-order valence-electron chi connectivity index (χ1n) is 9.40. The van der Waals surface area contributed by atoms with Crippen LogP contribution in [0.15, 0.2) is 65.6 Å². The minimum atomic E-state index is -0.508. The van der Waals surface area contributed by atoms with Gasteiger partial charge >= 0.3 is 0 Å². The highest BCUT2D eigenvalue weighted by Crippen LogP contribution is 2.19. The number of benzene rings is 2. The molecule has 0 aliphatic rings. The highest BCUT2D eigenvalue weighted by molar-refractivity contribution is 8.00. The number of unbranched alkanes of at least 4 members (excludes halogenated alkanes) is 1. The number of hydrogen-bond acceptors (Lipinski definition) is 3. The Morgan fingerprint density at radius 2 is 1.67 bits per heavy atom. The zero-order valence-electron chi connectivity index (χ0n) is 16.1. The van der Waals surface area contributed by atoms with Gasteiger partial charge in [0, 0.05) is 18.0 Å². The molecule has 1 atom stereocenters. The van der Waals surface area contributed by atoms with Crippen LogP contribution in [0.5, 0.6) is 0 Å². The van der Waals surface area contributed by atoms with E-state index in [1.165, 1.54) is 11.8 Å². The Morgan fingerprint density at radius 3 is 2.30 bits per heavy atom. The van der Waals surface area contributed by atoms with Crippen molar-refractivity contribution < 1.29 is 9.59 Å². The van der Waals surface area contributed by atoms with Gasteiger partial charge in [0.25, 0.3) is 0 Å². The van der Waals surface area contributed by atoms with Crippen molar-refractivity contribution in [2.24, 2.45) is 0 Å². The van der Waals surface area contributed by atoms with Gasteiger partial charge in [-0.05, 0) is 31.0 Å². The standard InChI is InChI=1S/C22H28N2O2S/c1-3-4-15-23-22(26)18(2)24(16-19-11-7-5-8-12-19)21(25)17-27-20-13-9-6-10-14-20/h5-14,18H,3-4,15-17H2,1-2H3,(H,23,26). The lowest BCUT2D eigenvalue weighted by atomic mass is 10.1. The first-order valence-corrected chi connectivity index (χ1v) is 10.4. The van der Waals surface area contributed by atoms with Crippen LogP contribution in [0.25, 0.3) is 0 Å². The van der Waals surface area contributed by atoms with Crippen molar-refractivity contribution in [1.82, 2.24) is 10.2 Å². The number of nitrogens with zero attached hydrogens (tertiary/aromatic N) is 1. The van der Waals surface area contributed by atoms with E-state index in [-0.39, 0.29) is 11.8 Å². The second-order valence-corrected chi connectivity index (χ2v) is 7.48. The maximum absolute atomic E-state index is 12.9. The van der Waals surface area contributed by atoms with E-state index in [4.69, 9.17) is 0 Å². The molecule has 0 saturated carbocycles. The molecule has 5 heteroatoms. The Balaban J connectivity index is 2.05. The summed E-state index contributed by atoms with van der Waals surface area (Å²) in [6.07, 6.45) is 1.96. The highest BCUT2D eigenvalue weighted by atomic mass is 32.2. The normalized spacial score (nSPS) is 11.6. The summed E-state index contributed by atoms with van der Waals surface area (Å²) in [6.45, 7) is 4.96. The van der Waals surface area contributed by atoms with Crippen molar-refractivity contribution in [2.75, 3.05) is 12.3 Å². The Bertz CT molecular complexity index is 707. The third-order valence-electron chi connectivity index (χ3n) is 4.30. The molecule has 0 heterocycles. The van der Waals surface area contributed by atoms with Gasteiger partial charge in [0.1, 0.15) is 6.04 Å². The summed E-state index contributed by atoms with van der Waals surface area (Å²) in [5.74, 6) is 0.173. The van der Waals surface area contributed by atoms with Gasteiger partial charge in [-0.25, -0.2) is 0 Å². The summed E-state index contributed by atoms with van der Waals surface area (Å²) in [5, 5.41) is 2.94. The average Bonchev–Trinajstić information content (AvgIpc) is 2.71. The summed E-state index contributed by atoms with van der Waals surface area (Å²) in [6, 6.07) is 19.1. The topological polar surface area (TPSA) is 49.4 Å². The maximum atomic E-state index is 12.9. The van der Waals surface area contributed by atoms with Crippen LogP contribution in [-0.4, -0.2) is 35.1 Å². The molecule has 0 fully saturated rings. The minimum Gasteiger partial charge on any atom is -0.354 e. The van der Waals surface area contributed by atoms with E-state index in [0.717, 1.165) is 23.3 Å². The third-order valence-corrected chi connectivity index (χ3v) is 5.29. The fourth-order valence-corrected chi connectivity index (χ4v) is 3.45. The first-order chi connectivity index (χ1) is 13.1. The van der Waals surface area contributed by atoms with Crippen molar-refractivity contribution in [3.8, 4) is 0 Å². The molecule has 27 heavy (non-hydrogen) atoms. The number of rotatable bonds is 10. The monoisotopic (exact) mass is 384 g/mol. The molecule has 2 aromatic carbocycles. The van der Waals surface area contributed by atoms with Crippen molar-refractivity contribution in [1.29, 1.82) is 0 Å². The van der Waals surface area contributed by atoms with E-state index >= 15 is 0 Å². The third kappa shape index (κ3) is 7.10. The molecular formula is C22H28N2O2S. The highest BCUT2D eigenvalue weighted by Gasteiger charge is 2.25. The van der Waals surface area contributed by atoms with Crippen molar-refractivity contribution >= 4 is 23.6 Å². The molecular weight excluding hydrogens is 356 g/mol. The molecule has 4 nitrogen and oxygen atoms in total. The molecule has 0 radical (unpaired) electrons. The van der Waals surface area contributed by atoms with Crippen LogP contribution in [0.4, 0.5) is 0 Å². The number of carbonyl (C=O) groups excluding carboxylic acids is 2. The zero-order chi connectivity index (χ0) is 19.5. The Kier molecular flexibility index (Phi) is 8.92. The second kappa shape index (κ2) is 11.4. The number of nitrogens with one attached hydrogen (secondary N) is 1. The van der Waals surface area contributed by atoms with Gasteiger partial charge in [-0.3, -0.25) is 9.59 Å². The van der Waals surface area contributed by atoms with Gasteiger partial charge in [-0.15, -0.1) is 11.8 Å². The van der Waals surface area contributed by atoms with E-state index in [9.17, 15) is 9.59 Å². The molecule has 2 aromatic rings. The average molecular weight is 385 g/mol. The molecule has 1 N–H and O–H groups in total. The molecule has 0 aliphatic carbocycles. The smallest absolute Gasteiger partial charge is 0.242 e. The van der Waals surface area contributed by atoms with Crippen LogP contribution in [0, 0.1) is 0 Å². The van der Waals surface area contributed by atoms with Crippen molar-refractivity contribution in [3.63, 3.8) is 0 Å². The number of amides is 2. The quantitative estimate of drug-likeness (QED) is 0.495. The largest absolute Gasteiger partial charge is 0.354 e. The fraction of sp³-hybridized carbons (Fsp3) is 0.364. The van der Waals surface area contributed by atoms with E-state index in [0.29, 0.717) is 18.8 Å². The predicted octanol–water partition coefficient (Wildman–Crippen LogP) is 4.11. The lowest BCUT2D eigenvalue weighted by Gasteiger charge is -2.28. The minimum absolute atomic E-state index is 0.0363. The second-order valence-electron chi connectivity index (χ2n) is 6.43. The molecule has 144 valence electrons. The number of thioether (sulfide) groups is 1. The summed E-state index contributed by atoms with van der Waals surface area (Å²) < 4.78 is 0. The fourth-order valence-electron chi connectivity index (χ4n) is 2.64. The number of hydrogen-bond donors (Lipinski definition) is 1. The van der Waals surface area contributed by atoms with Gasteiger partial charge in [0.2, 0.25) is 11.8 Å². The maximum Gasteiger partial charge on any atom is 0.242 e. The molecule has 0 aromatic heterocycles. The van der Waals surface area contributed by atoms with E-state index in [1.807, 2.05) is 60.7 Å². The van der Waals surface area contributed by atoms with E-state index in [1.54, 1.807) is 11.8 Å². The number of carbonyl (C=O) groups is 2. The van der Waals surface area contributed by atoms with Crippen LogP contribution in [0.3, 0.4) is 0 Å². The van der Waals surface area contributed by atoms with E-state index in [2.05, 4.69) is 12.2 Å². The lowest BCUT2D eigenvalue weighted by Crippen LogP contribution is -2.48. The molecule has 0 saturated heterocycles. The van der Waals surface area contributed by atoms with Gasteiger partial charge in [-0.1, -0.05) is 61.9 Å². The van der Waals surface area contributed by atoms with Crippen molar-refractivity contribution in [2.45, 2.75) is 44.2 Å². The summed E-state index contributed by atoms with van der Waals surface area (Å²) in [5.41, 5.74) is 1.02. The Morgan fingerprint density at radius 1 is 1.04 bits per heavy atom. The van der Waals surface area contributed by atoms with Gasteiger partial charge in [-0.2, -0.15) is 0 Å². The van der Waals surface area contributed by atoms with Crippen LogP contribution in [0.2, 0.25) is 0 Å². The molecule has 1 unspecified atom stereocenters. The van der Waals surface area contributed by atoms with Crippen molar-refractivity contribution in [3.05, 3.63) is 66.2 Å². The summed E-state index contributed by atoms with van der Waals surface area (Å²) >= 11 is 1.50. The van der Waals surface area contributed by atoms with E-state index < -0.39 is 6.04 Å². The summed E-state index contributed by atoms with van der Waals surface area (Å²) in [7, 11) is 0.